The Balaban J connectivity index is 1.99. The van der Waals surface area contributed by atoms with E-state index in [9.17, 15) is 9.90 Å². The third-order valence-corrected chi connectivity index (χ3v) is 7.25. The predicted molar refractivity (Wildman–Crippen MR) is 115 cm³/mol. The minimum absolute atomic E-state index is 0.0965. The molecule has 3 aliphatic rings. The van der Waals surface area contributed by atoms with Crippen LogP contribution in [0.2, 0.25) is 0 Å². The van der Waals surface area contributed by atoms with Gasteiger partial charge in [0.2, 0.25) is 12.5 Å². The van der Waals surface area contributed by atoms with Crippen molar-refractivity contribution >= 4 is 5.97 Å². The molecule has 6 atom stereocenters. The van der Waals surface area contributed by atoms with Gasteiger partial charge in [-0.1, -0.05) is 13.0 Å². The zero-order valence-electron chi connectivity index (χ0n) is 19.0. The van der Waals surface area contributed by atoms with Crippen LogP contribution in [0.1, 0.15) is 31.7 Å². The summed E-state index contributed by atoms with van der Waals surface area (Å²) in [6.07, 6.45) is 2.21. The molecule has 2 bridgehead atoms. The number of allylic oxidation sites excluding steroid dienone is 1. The summed E-state index contributed by atoms with van der Waals surface area (Å²) in [6, 6.07) is 3.74. The summed E-state index contributed by atoms with van der Waals surface area (Å²) in [5.41, 5.74) is -1.21. The molecule has 1 N–H and O–H groups in total. The molecule has 8 nitrogen and oxygen atoms in total. The summed E-state index contributed by atoms with van der Waals surface area (Å²) in [4.78, 5) is 12.2. The van der Waals surface area contributed by atoms with Crippen LogP contribution in [0.15, 0.2) is 36.6 Å². The Kier molecular flexibility index (Phi) is 5.63. The minimum Gasteiger partial charge on any atom is -0.499 e. The number of rotatable bonds is 7. The lowest BCUT2D eigenvalue weighted by molar-refractivity contribution is -0.201. The molecule has 0 amide bonds. The van der Waals surface area contributed by atoms with Crippen LogP contribution in [0.25, 0.3) is 0 Å². The summed E-state index contributed by atoms with van der Waals surface area (Å²) < 4.78 is 34.4. The second kappa shape index (κ2) is 8.01. The Labute approximate surface area is 187 Å². The highest BCUT2D eigenvalue weighted by Gasteiger charge is 2.73. The third kappa shape index (κ3) is 2.85. The van der Waals surface area contributed by atoms with E-state index in [1.54, 1.807) is 13.2 Å². The highest BCUT2D eigenvalue weighted by Crippen LogP contribution is 2.66. The Morgan fingerprint density at radius 1 is 1.28 bits per heavy atom. The van der Waals surface area contributed by atoms with Crippen molar-refractivity contribution in [1.82, 2.24) is 0 Å². The van der Waals surface area contributed by atoms with Crippen molar-refractivity contribution in [2.45, 2.75) is 44.0 Å². The molecule has 0 radical (unpaired) electrons. The van der Waals surface area contributed by atoms with Gasteiger partial charge in [0.15, 0.2) is 11.5 Å². The van der Waals surface area contributed by atoms with E-state index in [0.717, 1.165) is 5.56 Å². The van der Waals surface area contributed by atoms with Gasteiger partial charge in [-0.15, -0.1) is 6.58 Å². The largest absolute Gasteiger partial charge is 0.499 e. The molecular formula is C24H30O8. The molecule has 4 rings (SSSR count). The van der Waals surface area contributed by atoms with Gasteiger partial charge in [0.05, 0.1) is 14.2 Å². The van der Waals surface area contributed by atoms with E-state index in [1.165, 1.54) is 21.1 Å². The number of carbonyl (C=O) groups is 1. The Morgan fingerprint density at radius 2 is 2.03 bits per heavy atom. The minimum atomic E-state index is -1.31. The highest BCUT2D eigenvalue weighted by atomic mass is 16.7. The van der Waals surface area contributed by atoms with Gasteiger partial charge >= 0.3 is 5.97 Å². The maximum atomic E-state index is 12.2. The van der Waals surface area contributed by atoms with E-state index in [-0.39, 0.29) is 12.7 Å². The molecule has 0 aromatic heterocycles. The van der Waals surface area contributed by atoms with E-state index in [2.05, 4.69) is 13.5 Å². The van der Waals surface area contributed by atoms with E-state index in [4.69, 9.17) is 28.4 Å². The standard InChI is InChI=1S/C24H30O8/c1-7-8-23-11-18(28-5)21(26)24(29-6,22(23)32-14(3)25)19(13(23)2)15-9-16(27-4)20-17(10-15)30-12-31-20/h7,9-11,13,19,21-22,26H,1,8,12H2,2-6H3/t13-,19?,21-,22+,23+,24-/m1/s1. The molecule has 1 aromatic carbocycles. The van der Waals surface area contributed by atoms with E-state index in [1.807, 2.05) is 18.2 Å². The molecule has 1 heterocycles. The molecule has 174 valence electrons. The van der Waals surface area contributed by atoms with Crippen LogP contribution >= 0.6 is 0 Å². The first kappa shape index (κ1) is 22.5. The quantitative estimate of drug-likeness (QED) is 0.505. The molecular weight excluding hydrogens is 416 g/mol. The normalized spacial score (nSPS) is 34.6. The average molecular weight is 446 g/mol. The van der Waals surface area contributed by atoms with Crippen LogP contribution in [0, 0.1) is 11.3 Å². The Morgan fingerprint density at radius 3 is 2.62 bits per heavy atom. The van der Waals surface area contributed by atoms with Gasteiger partial charge in [0, 0.05) is 25.4 Å². The van der Waals surface area contributed by atoms with E-state index < -0.39 is 35.1 Å². The van der Waals surface area contributed by atoms with E-state index >= 15 is 0 Å². The second-order valence-electron chi connectivity index (χ2n) is 8.53. The molecule has 1 unspecified atom stereocenters. The Bertz CT molecular complexity index is 956. The zero-order chi connectivity index (χ0) is 23.3. The lowest BCUT2D eigenvalue weighted by atomic mass is 9.69. The van der Waals surface area contributed by atoms with Crippen molar-refractivity contribution in [3.05, 3.63) is 42.2 Å². The number of aliphatic hydroxyl groups is 1. The molecule has 2 aliphatic carbocycles. The smallest absolute Gasteiger partial charge is 0.303 e. The summed E-state index contributed by atoms with van der Waals surface area (Å²) >= 11 is 0. The number of fused-ring (bicyclic) bond motifs is 3. The first-order chi connectivity index (χ1) is 15.3. The monoisotopic (exact) mass is 446 g/mol. The molecule has 1 aliphatic heterocycles. The highest BCUT2D eigenvalue weighted by molar-refractivity contribution is 5.67. The van der Waals surface area contributed by atoms with Crippen LogP contribution in [0.3, 0.4) is 0 Å². The van der Waals surface area contributed by atoms with Gasteiger partial charge in [-0.2, -0.15) is 0 Å². The number of hydrogen-bond donors (Lipinski definition) is 1. The van der Waals surface area contributed by atoms with Crippen molar-refractivity contribution < 1.29 is 38.3 Å². The topological polar surface area (TPSA) is 92.7 Å². The maximum Gasteiger partial charge on any atom is 0.303 e. The summed E-state index contributed by atoms with van der Waals surface area (Å²) in [5, 5.41) is 11.5. The van der Waals surface area contributed by atoms with Crippen molar-refractivity contribution in [1.29, 1.82) is 0 Å². The van der Waals surface area contributed by atoms with Gasteiger partial charge in [-0.25, -0.2) is 0 Å². The first-order valence-electron chi connectivity index (χ1n) is 10.6. The van der Waals surface area contributed by atoms with Crippen molar-refractivity contribution in [2.24, 2.45) is 11.3 Å². The van der Waals surface area contributed by atoms with Crippen LogP contribution in [-0.2, 0) is 19.0 Å². The van der Waals surface area contributed by atoms with Crippen molar-refractivity contribution in [3.63, 3.8) is 0 Å². The fourth-order valence-corrected chi connectivity index (χ4v) is 5.97. The van der Waals surface area contributed by atoms with Crippen molar-refractivity contribution in [3.8, 4) is 17.2 Å². The summed E-state index contributed by atoms with van der Waals surface area (Å²) in [5.74, 6) is 0.976. The summed E-state index contributed by atoms with van der Waals surface area (Å²) in [7, 11) is 4.59. The number of methoxy groups -OCH3 is 3. The molecule has 1 fully saturated rings. The lowest BCUT2D eigenvalue weighted by Crippen LogP contribution is -2.61. The average Bonchev–Trinajstić information content (AvgIpc) is 3.30. The van der Waals surface area contributed by atoms with Gasteiger partial charge < -0.3 is 33.5 Å². The molecule has 0 spiro atoms. The lowest BCUT2D eigenvalue weighted by Gasteiger charge is -2.47. The Hall–Kier alpha value is -2.71. The SMILES string of the molecule is C=CC[C@]12C=C(OC)[C@@H](O)[C@](OC)(C(c3cc(OC)c4c(c3)OCO4)[C@H]1C)[C@H]2OC(C)=O. The fourth-order valence-electron chi connectivity index (χ4n) is 5.97. The van der Waals surface area contributed by atoms with E-state index in [0.29, 0.717) is 29.4 Å². The summed E-state index contributed by atoms with van der Waals surface area (Å²) in [6.45, 7) is 7.45. The second-order valence-corrected chi connectivity index (χ2v) is 8.53. The van der Waals surface area contributed by atoms with Crippen LogP contribution in [-0.4, -0.2) is 57.0 Å². The first-order valence-corrected chi connectivity index (χ1v) is 10.6. The molecule has 0 saturated heterocycles. The third-order valence-electron chi connectivity index (χ3n) is 7.25. The molecule has 32 heavy (non-hydrogen) atoms. The number of benzene rings is 1. The van der Waals surface area contributed by atoms with Crippen LogP contribution in [0.4, 0.5) is 0 Å². The molecule has 1 saturated carbocycles. The van der Waals surface area contributed by atoms with Crippen LogP contribution in [0.5, 0.6) is 17.2 Å². The number of esters is 1. The van der Waals surface area contributed by atoms with Gasteiger partial charge in [0.1, 0.15) is 23.6 Å². The van der Waals surface area contributed by atoms with Gasteiger partial charge in [-0.05, 0) is 36.1 Å². The van der Waals surface area contributed by atoms with Gasteiger partial charge in [-0.3, -0.25) is 4.79 Å². The number of aliphatic hydroxyl groups excluding tert-OH is 1. The van der Waals surface area contributed by atoms with Crippen molar-refractivity contribution in [2.75, 3.05) is 28.1 Å². The van der Waals surface area contributed by atoms with Crippen LogP contribution < -0.4 is 14.2 Å². The fraction of sp³-hybridized carbons (Fsp3) is 0.542. The zero-order valence-corrected chi connectivity index (χ0v) is 19.0. The molecule has 1 aromatic rings. The van der Waals surface area contributed by atoms with Gasteiger partial charge in [0.25, 0.3) is 0 Å². The predicted octanol–water partition coefficient (Wildman–Crippen LogP) is 2.94. The molecule has 8 heteroatoms. The number of hydrogen-bond acceptors (Lipinski definition) is 8. The maximum absolute atomic E-state index is 12.2. The number of carbonyl (C=O) groups excluding carboxylic acids is 1. The number of ether oxygens (including phenoxy) is 6.